The van der Waals surface area contributed by atoms with Crippen molar-refractivity contribution in [2.75, 3.05) is 12.3 Å². The number of anilines is 1. The summed E-state index contributed by atoms with van der Waals surface area (Å²) in [5.74, 6) is -0.527. The number of carbonyl (C=O) groups excluding carboxylic acids is 1. The monoisotopic (exact) mass is 267 g/mol. The Labute approximate surface area is 110 Å². The van der Waals surface area contributed by atoms with E-state index in [0.29, 0.717) is 6.61 Å². The number of esters is 1. The zero-order valence-electron chi connectivity index (χ0n) is 9.89. The average Bonchev–Trinajstić information content (AvgIpc) is 2.32. The maximum atomic E-state index is 11.0. The van der Waals surface area contributed by atoms with Crippen molar-refractivity contribution in [1.82, 2.24) is 0 Å². The normalized spacial score (nSPS) is 11.2. The van der Waals surface area contributed by atoms with Gasteiger partial charge in [0, 0.05) is 6.08 Å². The molecule has 0 fully saturated rings. The van der Waals surface area contributed by atoms with Crippen LogP contribution < -0.4 is 5.73 Å². The molecule has 1 rings (SSSR count). The molecular formula is C13H14ClNO3. The Balaban J connectivity index is 2.71. The molecule has 0 atom stereocenters. The molecule has 0 aliphatic carbocycles. The van der Waals surface area contributed by atoms with E-state index in [2.05, 4.69) is 0 Å². The molecular weight excluding hydrogens is 254 g/mol. The summed E-state index contributed by atoms with van der Waals surface area (Å²) in [6.45, 7) is 2.08. The molecule has 0 bridgehead atoms. The number of benzene rings is 1. The number of rotatable bonds is 4. The van der Waals surface area contributed by atoms with E-state index in [9.17, 15) is 9.90 Å². The first-order valence-corrected chi connectivity index (χ1v) is 5.72. The highest BCUT2D eigenvalue weighted by Gasteiger charge is 2.03. The third kappa shape index (κ3) is 4.14. The van der Waals surface area contributed by atoms with E-state index in [1.807, 2.05) is 0 Å². The van der Waals surface area contributed by atoms with Crippen LogP contribution in [-0.4, -0.2) is 17.7 Å². The maximum absolute atomic E-state index is 11.0. The summed E-state index contributed by atoms with van der Waals surface area (Å²) in [5.41, 5.74) is 6.48. The second kappa shape index (κ2) is 6.71. The van der Waals surface area contributed by atoms with E-state index in [4.69, 9.17) is 22.1 Å². The Morgan fingerprint density at radius 1 is 1.50 bits per heavy atom. The van der Waals surface area contributed by atoms with Gasteiger partial charge in [-0.3, -0.25) is 0 Å². The van der Waals surface area contributed by atoms with Crippen LogP contribution in [0.2, 0.25) is 5.02 Å². The zero-order chi connectivity index (χ0) is 13.5. The first kappa shape index (κ1) is 14.1. The smallest absolute Gasteiger partial charge is 0.330 e. The van der Waals surface area contributed by atoms with E-state index in [0.717, 1.165) is 5.56 Å². The van der Waals surface area contributed by atoms with Crippen LogP contribution in [0.4, 0.5) is 5.69 Å². The van der Waals surface area contributed by atoms with Crippen LogP contribution >= 0.6 is 11.6 Å². The lowest BCUT2D eigenvalue weighted by molar-refractivity contribution is -0.137. The van der Waals surface area contributed by atoms with Crippen molar-refractivity contribution in [2.45, 2.75) is 6.92 Å². The summed E-state index contributed by atoms with van der Waals surface area (Å²) in [7, 11) is 0. The van der Waals surface area contributed by atoms with Gasteiger partial charge in [-0.25, -0.2) is 4.79 Å². The molecule has 0 unspecified atom stereocenters. The van der Waals surface area contributed by atoms with Gasteiger partial charge in [-0.15, -0.1) is 0 Å². The summed E-state index contributed by atoms with van der Waals surface area (Å²) < 4.78 is 4.71. The lowest BCUT2D eigenvalue weighted by atomic mass is 10.1. The topological polar surface area (TPSA) is 72.5 Å². The van der Waals surface area contributed by atoms with Crippen molar-refractivity contribution in [1.29, 1.82) is 0 Å². The Kier molecular flexibility index (Phi) is 5.27. The summed E-state index contributed by atoms with van der Waals surface area (Å²) in [4.78, 5) is 11.0. The minimum atomic E-state index is -0.398. The second-order valence-corrected chi connectivity index (χ2v) is 3.82. The van der Waals surface area contributed by atoms with Gasteiger partial charge in [-0.1, -0.05) is 29.8 Å². The molecule has 0 radical (unpaired) electrons. The molecule has 0 saturated heterocycles. The highest BCUT2D eigenvalue weighted by molar-refractivity contribution is 6.32. The molecule has 0 spiro atoms. The molecule has 0 heterocycles. The summed E-state index contributed by atoms with van der Waals surface area (Å²) in [5, 5.41) is 9.56. The van der Waals surface area contributed by atoms with Gasteiger partial charge in [-0.2, -0.15) is 0 Å². The Bertz CT molecular complexity index is 472. The first-order chi connectivity index (χ1) is 8.54. The van der Waals surface area contributed by atoms with Gasteiger partial charge in [0.25, 0.3) is 0 Å². The number of phenolic OH excluding ortho intramolecular Hbond substituents is 1. The fourth-order valence-electron chi connectivity index (χ4n) is 1.23. The fraction of sp³-hybridized carbons (Fsp3) is 0.154. The fourth-order valence-corrected chi connectivity index (χ4v) is 1.46. The number of nitrogens with two attached hydrogens (primary N) is 1. The van der Waals surface area contributed by atoms with Crippen molar-refractivity contribution in [3.05, 3.63) is 40.9 Å². The highest BCUT2D eigenvalue weighted by atomic mass is 35.5. The van der Waals surface area contributed by atoms with Gasteiger partial charge in [0.1, 0.15) is 0 Å². The van der Waals surface area contributed by atoms with Gasteiger partial charge < -0.3 is 15.6 Å². The number of carbonyl (C=O) groups is 1. The lowest BCUT2D eigenvalue weighted by Crippen LogP contribution is -1.98. The minimum absolute atomic E-state index is 0.129. The summed E-state index contributed by atoms with van der Waals surface area (Å²) in [6, 6.07) is 3.15. The van der Waals surface area contributed by atoms with E-state index in [-0.39, 0.29) is 16.5 Å². The molecule has 5 heteroatoms. The maximum Gasteiger partial charge on any atom is 0.330 e. The van der Waals surface area contributed by atoms with Crippen molar-refractivity contribution < 1.29 is 14.6 Å². The van der Waals surface area contributed by atoms with Gasteiger partial charge in [0.05, 0.1) is 17.3 Å². The standard InChI is InChI=1S/C13H14ClNO3/c1-2-18-12(16)6-4-3-5-9-7-10(14)13(17)11(15)8-9/h3-8,17H,2,15H2,1H3. The number of hydrogen-bond acceptors (Lipinski definition) is 4. The molecule has 0 saturated carbocycles. The van der Waals surface area contributed by atoms with Crippen LogP contribution in [0, 0.1) is 0 Å². The number of nitrogen functional groups attached to an aromatic ring is 1. The zero-order valence-corrected chi connectivity index (χ0v) is 10.6. The van der Waals surface area contributed by atoms with Gasteiger partial charge in [-0.05, 0) is 24.6 Å². The first-order valence-electron chi connectivity index (χ1n) is 5.34. The van der Waals surface area contributed by atoms with Gasteiger partial charge in [0.15, 0.2) is 5.75 Å². The van der Waals surface area contributed by atoms with Crippen molar-refractivity contribution in [3.63, 3.8) is 0 Å². The number of allylic oxidation sites excluding steroid dienone is 2. The van der Waals surface area contributed by atoms with Crippen LogP contribution in [0.3, 0.4) is 0 Å². The Morgan fingerprint density at radius 3 is 2.83 bits per heavy atom. The highest BCUT2D eigenvalue weighted by Crippen LogP contribution is 2.31. The van der Waals surface area contributed by atoms with E-state index in [1.165, 1.54) is 6.08 Å². The van der Waals surface area contributed by atoms with Crippen LogP contribution in [0.25, 0.3) is 6.08 Å². The van der Waals surface area contributed by atoms with Gasteiger partial charge in [0.2, 0.25) is 0 Å². The lowest BCUT2D eigenvalue weighted by Gasteiger charge is -2.02. The number of phenols is 1. The largest absolute Gasteiger partial charge is 0.504 e. The van der Waals surface area contributed by atoms with E-state index < -0.39 is 5.97 Å². The summed E-state index contributed by atoms with van der Waals surface area (Å²) in [6.07, 6.45) is 6.22. The molecule has 1 aromatic carbocycles. The molecule has 0 aliphatic heterocycles. The molecule has 0 aliphatic rings. The Hall–Kier alpha value is -1.94. The second-order valence-electron chi connectivity index (χ2n) is 3.41. The number of halogens is 1. The Morgan fingerprint density at radius 2 is 2.22 bits per heavy atom. The van der Waals surface area contributed by atoms with Crippen molar-refractivity contribution in [2.24, 2.45) is 0 Å². The van der Waals surface area contributed by atoms with Gasteiger partial charge >= 0.3 is 5.97 Å². The quantitative estimate of drug-likeness (QED) is 0.289. The number of ether oxygens (including phenoxy) is 1. The van der Waals surface area contributed by atoms with Crippen LogP contribution in [0.15, 0.2) is 30.4 Å². The predicted octanol–water partition coefficient (Wildman–Crippen LogP) is 2.76. The number of aromatic hydroxyl groups is 1. The summed E-state index contributed by atoms with van der Waals surface area (Å²) >= 11 is 5.77. The molecule has 0 aromatic heterocycles. The third-order valence-corrected chi connectivity index (χ3v) is 2.32. The van der Waals surface area contributed by atoms with Crippen LogP contribution in [0.1, 0.15) is 12.5 Å². The molecule has 0 amide bonds. The van der Waals surface area contributed by atoms with Crippen LogP contribution in [0.5, 0.6) is 5.75 Å². The number of hydrogen-bond donors (Lipinski definition) is 2. The minimum Gasteiger partial charge on any atom is -0.504 e. The molecule has 18 heavy (non-hydrogen) atoms. The SMILES string of the molecule is CCOC(=O)C=CC=Cc1cc(N)c(O)c(Cl)c1. The third-order valence-electron chi connectivity index (χ3n) is 2.03. The predicted molar refractivity (Wildman–Crippen MR) is 72.3 cm³/mol. The van der Waals surface area contributed by atoms with E-state index >= 15 is 0 Å². The van der Waals surface area contributed by atoms with Crippen molar-refractivity contribution >= 4 is 29.3 Å². The molecule has 96 valence electrons. The van der Waals surface area contributed by atoms with Crippen molar-refractivity contribution in [3.8, 4) is 5.75 Å². The van der Waals surface area contributed by atoms with E-state index in [1.54, 1.807) is 37.3 Å². The molecule has 4 nitrogen and oxygen atoms in total. The molecule has 1 aromatic rings. The van der Waals surface area contributed by atoms with Crippen LogP contribution in [-0.2, 0) is 9.53 Å². The molecule has 3 N–H and O–H groups in total. The average molecular weight is 268 g/mol.